The van der Waals surface area contributed by atoms with Crippen LogP contribution in [0.3, 0.4) is 0 Å². The molecular formula is C20H22F3N3O. The predicted octanol–water partition coefficient (Wildman–Crippen LogP) is 3.77. The lowest BCUT2D eigenvalue weighted by Gasteiger charge is -2.36. The van der Waals surface area contributed by atoms with Gasteiger partial charge < -0.3 is 15.1 Å². The monoisotopic (exact) mass is 377 g/mol. The maximum atomic E-state index is 13.0. The van der Waals surface area contributed by atoms with Crippen LogP contribution in [-0.4, -0.2) is 43.5 Å². The number of amides is 1. The molecule has 144 valence electrons. The van der Waals surface area contributed by atoms with E-state index < -0.39 is 11.7 Å². The van der Waals surface area contributed by atoms with Gasteiger partial charge in [-0.05, 0) is 36.8 Å². The van der Waals surface area contributed by atoms with Gasteiger partial charge in [-0.25, -0.2) is 0 Å². The normalized spacial score (nSPS) is 15.0. The Morgan fingerprint density at radius 1 is 1.04 bits per heavy atom. The van der Waals surface area contributed by atoms with E-state index in [-0.39, 0.29) is 18.1 Å². The first-order valence-corrected chi connectivity index (χ1v) is 8.84. The molecule has 1 heterocycles. The van der Waals surface area contributed by atoms with Gasteiger partial charge in [0.15, 0.2) is 0 Å². The summed E-state index contributed by atoms with van der Waals surface area (Å²) in [5, 5.41) is 2.64. The van der Waals surface area contributed by atoms with Crippen molar-refractivity contribution in [1.82, 2.24) is 4.90 Å². The lowest BCUT2D eigenvalue weighted by molar-refractivity contribution is -0.137. The Morgan fingerprint density at radius 2 is 1.74 bits per heavy atom. The Morgan fingerprint density at radius 3 is 2.41 bits per heavy atom. The summed E-state index contributed by atoms with van der Waals surface area (Å²) in [6.07, 6.45) is -4.45. The number of benzene rings is 2. The first kappa shape index (κ1) is 19.1. The van der Waals surface area contributed by atoms with Crippen molar-refractivity contribution < 1.29 is 18.0 Å². The number of nitrogens with one attached hydrogen (secondary N) is 1. The van der Waals surface area contributed by atoms with Gasteiger partial charge in [0.1, 0.15) is 0 Å². The summed E-state index contributed by atoms with van der Waals surface area (Å²) < 4.78 is 39.1. The summed E-state index contributed by atoms with van der Waals surface area (Å²) in [5.74, 6) is -0.198. The SMILES string of the molecule is Cc1cccc(N2CCN(C(=O)CNc3ccccc3C(F)(F)F)CC2)c1. The topological polar surface area (TPSA) is 35.6 Å². The molecule has 0 spiro atoms. The van der Waals surface area contributed by atoms with Crippen molar-refractivity contribution in [2.75, 3.05) is 42.9 Å². The molecule has 0 aromatic heterocycles. The number of rotatable bonds is 4. The zero-order valence-corrected chi connectivity index (χ0v) is 15.1. The van der Waals surface area contributed by atoms with Crippen molar-refractivity contribution in [2.24, 2.45) is 0 Å². The summed E-state index contributed by atoms with van der Waals surface area (Å²) >= 11 is 0. The van der Waals surface area contributed by atoms with Crippen LogP contribution >= 0.6 is 0 Å². The average Bonchev–Trinajstić information content (AvgIpc) is 2.66. The quantitative estimate of drug-likeness (QED) is 0.881. The van der Waals surface area contributed by atoms with Crippen LogP contribution in [0.2, 0.25) is 0 Å². The van der Waals surface area contributed by atoms with E-state index in [9.17, 15) is 18.0 Å². The number of carbonyl (C=O) groups excluding carboxylic acids is 1. The van der Waals surface area contributed by atoms with Gasteiger partial charge in [-0.15, -0.1) is 0 Å². The van der Waals surface area contributed by atoms with E-state index >= 15 is 0 Å². The summed E-state index contributed by atoms with van der Waals surface area (Å²) in [5.41, 5.74) is 1.47. The highest BCUT2D eigenvalue weighted by Crippen LogP contribution is 2.34. The minimum Gasteiger partial charge on any atom is -0.376 e. The fraction of sp³-hybridized carbons (Fsp3) is 0.350. The number of nitrogens with zero attached hydrogens (tertiary/aromatic N) is 2. The number of piperazine rings is 1. The van der Waals surface area contributed by atoms with Crippen LogP contribution in [-0.2, 0) is 11.0 Å². The lowest BCUT2D eigenvalue weighted by atomic mass is 10.1. The molecular weight excluding hydrogens is 355 g/mol. The largest absolute Gasteiger partial charge is 0.418 e. The Bertz CT molecular complexity index is 799. The summed E-state index contributed by atoms with van der Waals surface area (Å²) in [4.78, 5) is 16.3. The highest BCUT2D eigenvalue weighted by molar-refractivity contribution is 5.81. The van der Waals surface area contributed by atoms with Crippen LogP contribution in [0.25, 0.3) is 0 Å². The maximum absolute atomic E-state index is 13.0. The molecule has 0 atom stereocenters. The third kappa shape index (κ3) is 4.72. The second-order valence-electron chi connectivity index (χ2n) is 6.60. The molecule has 1 fully saturated rings. The maximum Gasteiger partial charge on any atom is 0.418 e. The van der Waals surface area contributed by atoms with E-state index in [2.05, 4.69) is 16.3 Å². The standard InChI is InChI=1S/C20H22F3N3O/c1-15-5-4-6-16(13-15)25-9-11-26(12-10-25)19(27)14-24-18-8-3-2-7-17(18)20(21,22)23/h2-8,13,24H,9-12,14H2,1H3. The minimum atomic E-state index is -4.45. The van der Waals surface area contributed by atoms with Gasteiger partial charge in [0, 0.05) is 37.6 Å². The summed E-state index contributed by atoms with van der Waals surface area (Å²) in [6, 6.07) is 13.4. The molecule has 4 nitrogen and oxygen atoms in total. The van der Waals surface area contributed by atoms with Crippen LogP contribution in [0.4, 0.5) is 24.5 Å². The second-order valence-corrected chi connectivity index (χ2v) is 6.60. The van der Waals surface area contributed by atoms with E-state index in [0.29, 0.717) is 26.2 Å². The van der Waals surface area contributed by atoms with E-state index in [1.807, 2.05) is 25.1 Å². The van der Waals surface area contributed by atoms with Crippen molar-refractivity contribution in [2.45, 2.75) is 13.1 Å². The number of hydrogen-bond donors (Lipinski definition) is 1. The minimum absolute atomic E-state index is 0.0725. The summed E-state index contributed by atoms with van der Waals surface area (Å²) in [6.45, 7) is 4.39. The smallest absolute Gasteiger partial charge is 0.376 e. The third-order valence-electron chi connectivity index (χ3n) is 4.66. The molecule has 1 N–H and O–H groups in total. The molecule has 2 aromatic carbocycles. The van der Waals surface area contributed by atoms with E-state index in [1.54, 1.807) is 4.90 Å². The zero-order valence-electron chi connectivity index (χ0n) is 15.1. The van der Waals surface area contributed by atoms with Crippen molar-refractivity contribution in [3.05, 3.63) is 59.7 Å². The van der Waals surface area contributed by atoms with Gasteiger partial charge >= 0.3 is 6.18 Å². The molecule has 1 aliphatic heterocycles. The lowest BCUT2D eigenvalue weighted by Crippen LogP contribution is -2.50. The van der Waals surface area contributed by atoms with Crippen molar-refractivity contribution in [3.8, 4) is 0 Å². The predicted molar refractivity (Wildman–Crippen MR) is 99.9 cm³/mol. The first-order valence-electron chi connectivity index (χ1n) is 8.84. The molecule has 0 radical (unpaired) electrons. The van der Waals surface area contributed by atoms with Crippen molar-refractivity contribution in [3.63, 3.8) is 0 Å². The third-order valence-corrected chi connectivity index (χ3v) is 4.66. The van der Waals surface area contributed by atoms with E-state index in [0.717, 1.165) is 11.8 Å². The number of aryl methyl sites for hydroxylation is 1. The number of halogens is 3. The van der Waals surface area contributed by atoms with Gasteiger partial charge in [0.05, 0.1) is 12.1 Å². The number of carbonyl (C=O) groups is 1. The van der Waals surface area contributed by atoms with Crippen molar-refractivity contribution in [1.29, 1.82) is 0 Å². The van der Waals surface area contributed by atoms with E-state index in [1.165, 1.54) is 23.8 Å². The molecule has 1 aliphatic rings. The molecule has 2 aromatic rings. The van der Waals surface area contributed by atoms with Crippen molar-refractivity contribution >= 4 is 17.3 Å². The van der Waals surface area contributed by atoms with Crippen LogP contribution in [0.1, 0.15) is 11.1 Å². The van der Waals surface area contributed by atoms with Gasteiger partial charge in [-0.3, -0.25) is 4.79 Å². The van der Waals surface area contributed by atoms with Crippen LogP contribution in [0.5, 0.6) is 0 Å². The first-order chi connectivity index (χ1) is 12.8. The Hall–Kier alpha value is -2.70. The number of alkyl halides is 3. The number of anilines is 2. The Labute approximate surface area is 156 Å². The number of para-hydroxylation sites is 1. The van der Waals surface area contributed by atoms with Gasteiger partial charge in [-0.1, -0.05) is 24.3 Å². The Kier molecular flexibility index (Phi) is 5.58. The Balaban J connectivity index is 1.55. The molecule has 7 heteroatoms. The van der Waals surface area contributed by atoms with Crippen LogP contribution in [0, 0.1) is 6.92 Å². The second kappa shape index (κ2) is 7.90. The molecule has 0 saturated carbocycles. The fourth-order valence-corrected chi connectivity index (χ4v) is 3.21. The van der Waals surface area contributed by atoms with Crippen LogP contribution < -0.4 is 10.2 Å². The molecule has 1 amide bonds. The summed E-state index contributed by atoms with van der Waals surface area (Å²) in [7, 11) is 0. The molecule has 0 unspecified atom stereocenters. The van der Waals surface area contributed by atoms with Gasteiger partial charge in [0.25, 0.3) is 0 Å². The molecule has 0 bridgehead atoms. The highest BCUT2D eigenvalue weighted by Gasteiger charge is 2.33. The molecule has 27 heavy (non-hydrogen) atoms. The number of hydrogen-bond acceptors (Lipinski definition) is 3. The zero-order chi connectivity index (χ0) is 19.4. The van der Waals surface area contributed by atoms with Crippen LogP contribution in [0.15, 0.2) is 48.5 Å². The highest BCUT2D eigenvalue weighted by atomic mass is 19.4. The molecule has 3 rings (SSSR count). The fourth-order valence-electron chi connectivity index (χ4n) is 3.21. The van der Waals surface area contributed by atoms with Gasteiger partial charge in [0.2, 0.25) is 5.91 Å². The average molecular weight is 377 g/mol. The van der Waals surface area contributed by atoms with E-state index in [4.69, 9.17) is 0 Å². The van der Waals surface area contributed by atoms with Gasteiger partial charge in [-0.2, -0.15) is 13.2 Å². The molecule has 0 aliphatic carbocycles. The molecule has 1 saturated heterocycles.